The van der Waals surface area contributed by atoms with Gasteiger partial charge in [-0.25, -0.2) is 0 Å². The van der Waals surface area contributed by atoms with E-state index in [2.05, 4.69) is 0 Å². The van der Waals surface area contributed by atoms with E-state index in [1.807, 2.05) is 13.8 Å². The molecule has 0 aliphatic rings. The monoisotopic (exact) mass is 204 g/mol. The lowest BCUT2D eigenvalue weighted by molar-refractivity contribution is -0.145. The van der Waals surface area contributed by atoms with Crippen LogP contribution in [-0.4, -0.2) is 39.0 Å². The van der Waals surface area contributed by atoms with E-state index in [0.29, 0.717) is 39.5 Å². The minimum absolute atomic E-state index is 0.176. The van der Waals surface area contributed by atoms with E-state index in [-0.39, 0.29) is 5.97 Å². The minimum Gasteiger partial charge on any atom is -0.463 e. The fourth-order valence-corrected chi connectivity index (χ4v) is 0.894. The number of hydrogen-bond acceptors (Lipinski definition) is 4. The lowest BCUT2D eigenvalue weighted by atomic mass is 10.3. The summed E-state index contributed by atoms with van der Waals surface area (Å²) in [6.45, 7) is 6.64. The Morgan fingerprint density at radius 1 is 1.00 bits per heavy atom. The van der Waals surface area contributed by atoms with Crippen molar-refractivity contribution in [3.05, 3.63) is 0 Å². The van der Waals surface area contributed by atoms with Crippen molar-refractivity contribution < 1.29 is 19.0 Å². The Kier molecular flexibility index (Phi) is 10.0. The van der Waals surface area contributed by atoms with E-state index >= 15 is 0 Å². The Hall–Kier alpha value is -0.610. The number of rotatable bonds is 9. The van der Waals surface area contributed by atoms with Gasteiger partial charge in [-0.2, -0.15) is 0 Å². The zero-order valence-corrected chi connectivity index (χ0v) is 9.08. The fraction of sp³-hybridized carbons (Fsp3) is 0.900. The van der Waals surface area contributed by atoms with Crippen LogP contribution in [0.1, 0.15) is 26.7 Å². The highest BCUT2D eigenvalue weighted by molar-refractivity contribution is 5.69. The summed E-state index contributed by atoms with van der Waals surface area (Å²) < 4.78 is 15.0. The molecule has 0 saturated carbocycles. The molecule has 0 saturated heterocycles. The van der Waals surface area contributed by atoms with Crippen LogP contribution in [0.3, 0.4) is 0 Å². The Labute approximate surface area is 85.5 Å². The van der Waals surface area contributed by atoms with Crippen LogP contribution in [0.2, 0.25) is 0 Å². The molecule has 0 atom stereocenters. The van der Waals surface area contributed by atoms with Crippen molar-refractivity contribution in [2.24, 2.45) is 0 Å². The molecule has 0 radical (unpaired) electrons. The molecule has 0 N–H and O–H groups in total. The molecule has 0 aromatic rings. The van der Waals surface area contributed by atoms with Crippen molar-refractivity contribution >= 4 is 5.97 Å². The molecule has 0 spiro atoms. The van der Waals surface area contributed by atoms with E-state index in [0.717, 1.165) is 6.42 Å². The number of carbonyl (C=O) groups excluding carboxylic acids is 1. The first kappa shape index (κ1) is 13.4. The third kappa shape index (κ3) is 9.48. The van der Waals surface area contributed by atoms with Gasteiger partial charge in [0, 0.05) is 26.2 Å². The second kappa shape index (κ2) is 10.5. The third-order valence-corrected chi connectivity index (χ3v) is 1.57. The molecule has 0 bridgehead atoms. The molecule has 4 heteroatoms. The van der Waals surface area contributed by atoms with Crippen molar-refractivity contribution in [3.8, 4) is 0 Å². The van der Waals surface area contributed by atoms with Crippen LogP contribution in [0.4, 0.5) is 0 Å². The zero-order valence-electron chi connectivity index (χ0n) is 9.08. The minimum atomic E-state index is -0.176. The third-order valence-electron chi connectivity index (χ3n) is 1.57. The van der Waals surface area contributed by atoms with Crippen LogP contribution in [0.25, 0.3) is 0 Å². The van der Waals surface area contributed by atoms with Gasteiger partial charge in [0.1, 0.15) is 6.61 Å². The summed E-state index contributed by atoms with van der Waals surface area (Å²) in [6.07, 6.45) is 1.15. The van der Waals surface area contributed by atoms with Gasteiger partial charge in [-0.05, 0) is 20.3 Å². The van der Waals surface area contributed by atoms with Crippen LogP contribution in [0.15, 0.2) is 0 Å². The first-order valence-electron chi connectivity index (χ1n) is 5.12. The number of hydrogen-bond donors (Lipinski definition) is 0. The molecule has 14 heavy (non-hydrogen) atoms. The van der Waals surface area contributed by atoms with Crippen LogP contribution < -0.4 is 0 Å². The molecular formula is C10H20O4. The maximum absolute atomic E-state index is 11.0. The average molecular weight is 204 g/mol. The SMILES string of the molecule is CCOCCCC(=O)OCCOCC. The Balaban J connectivity index is 3.11. The number of carbonyl (C=O) groups is 1. The van der Waals surface area contributed by atoms with Crippen molar-refractivity contribution in [1.29, 1.82) is 0 Å². The van der Waals surface area contributed by atoms with Gasteiger partial charge in [-0.15, -0.1) is 0 Å². The maximum Gasteiger partial charge on any atom is 0.305 e. The fourth-order valence-electron chi connectivity index (χ4n) is 0.894. The molecule has 0 aliphatic heterocycles. The molecule has 84 valence electrons. The van der Waals surface area contributed by atoms with E-state index in [4.69, 9.17) is 14.2 Å². The lowest BCUT2D eigenvalue weighted by Crippen LogP contribution is -2.11. The molecule has 0 aromatic carbocycles. The molecule has 0 aromatic heterocycles. The molecule has 0 aliphatic carbocycles. The summed E-state index contributed by atoms with van der Waals surface area (Å²) >= 11 is 0. The second-order valence-corrected chi connectivity index (χ2v) is 2.72. The highest BCUT2D eigenvalue weighted by atomic mass is 16.6. The number of ether oxygens (including phenoxy) is 3. The van der Waals surface area contributed by atoms with Gasteiger partial charge in [0.05, 0.1) is 6.61 Å². The van der Waals surface area contributed by atoms with Gasteiger partial charge in [0.2, 0.25) is 0 Å². The largest absolute Gasteiger partial charge is 0.463 e. The molecule has 0 unspecified atom stereocenters. The summed E-state index contributed by atoms with van der Waals surface area (Å²) in [5.74, 6) is -0.176. The van der Waals surface area contributed by atoms with E-state index in [1.165, 1.54) is 0 Å². The second-order valence-electron chi connectivity index (χ2n) is 2.72. The van der Waals surface area contributed by atoms with Crippen molar-refractivity contribution in [2.75, 3.05) is 33.0 Å². The summed E-state index contributed by atoms with van der Waals surface area (Å²) in [5.41, 5.74) is 0. The van der Waals surface area contributed by atoms with Gasteiger partial charge >= 0.3 is 5.97 Å². The van der Waals surface area contributed by atoms with Gasteiger partial charge in [0.25, 0.3) is 0 Å². The van der Waals surface area contributed by atoms with E-state index in [1.54, 1.807) is 0 Å². The normalized spacial score (nSPS) is 10.1. The molecule has 0 rings (SSSR count). The standard InChI is InChI=1S/C10H20O4/c1-3-12-7-5-6-10(11)14-9-8-13-4-2/h3-9H2,1-2H3. The van der Waals surface area contributed by atoms with Gasteiger partial charge in [-0.3, -0.25) is 4.79 Å². The smallest absolute Gasteiger partial charge is 0.305 e. The van der Waals surface area contributed by atoms with Crippen LogP contribution in [0.5, 0.6) is 0 Å². The molecular weight excluding hydrogens is 184 g/mol. The maximum atomic E-state index is 11.0. The quantitative estimate of drug-likeness (QED) is 0.420. The Bertz CT molecular complexity index is 122. The molecule has 0 heterocycles. The van der Waals surface area contributed by atoms with Crippen molar-refractivity contribution in [3.63, 3.8) is 0 Å². The molecule has 0 amide bonds. The molecule has 0 fully saturated rings. The topological polar surface area (TPSA) is 44.8 Å². The molecule has 4 nitrogen and oxygen atoms in total. The summed E-state index contributed by atoms with van der Waals surface area (Å²) in [4.78, 5) is 11.0. The lowest BCUT2D eigenvalue weighted by Gasteiger charge is -2.04. The Morgan fingerprint density at radius 2 is 1.64 bits per heavy atom. The van der Waals surface area contributed by atoms with Crippen LogP contribution in [-0.2, 0) is 19.0 Å². The van der Waals surface area contributed by atoms with Crippen LogP contribution >= 0.6 is 0 Å². The summed E-state index contributed by atoms with van der Waals surface area (Å²) in [6, 6.07) is 0. The first-order chi connectivity index (χ1) is 6.81. The van der Waals surface area contributed by atoms with Crippen molar-refractivity contribution in [2.45, 2.75) is 26.7 Å². The summed E-state index contributed by atoms with van der Waals surface area (Å²) in [5, 5.41) is 0. The zero-order chi connectivity index (χ0) is 10.6. The highest BCUT2D eigenvalue weighted by Gasteiger charge is 2.01. The number of esters is 1. The predicted octanol–water partition coefficient (Wildman–Crippen LogP) is 1.38. The summed E-state index contributed by atoms with van der Waals surface area (Å²) in [7, 11) is 0. The van der Waals surface area contributed by atoms with E-state index < -0.39 is 0 Å². The average Bonchev–Trinajstić information content (AvgIpc) is 2.19. The predicted molar refractivity (Wildman–Crippen MR) is 53.2 cm³/mol. The Morgan fingerprint density at radius 3 is 2.29 bits per heavy atom. The van der Waals surface area contributed by atoms with Gasteiger partial charge in [-0.1, -0.05) is 0 Å². The first-order valence-corrected chi connectivity index (χ1v) is 5.12. The van der Waals surface area contributed by atoms with Gasteiger partial charge < -0.3 is 14.2 Å². The van der Waals surface area contributed by atoms with Crippen LogP contribution in [0, 0.1) is 0 Å². The van der Waals surface area contributed by atoms with Crippen molar-refractivity contribution in [1.82, 2.24) is 0 Å². The highest BCUT2D eigenvalue weighted by Crippen LogP contribution is 1.93. The van der Waals surface area contributed by atoms with E-state index in [9.17, 15) is 4.79 Å². The van der Waals surface area contributed by atoms with Gasteiger partial charge in [0.15, 0.2) is 0 Å².